The van der Waals surface area contributed by atoms with Crippen LogP contribution in [0.15, 0.2) is 39.2 Å². The van der Waals surface area contributed by atoms with E-state index < -0.39 is 23.2 Å². The molecule has 0 spiro atoms. The van der Waals surface area contributed by atoms with Crippen LogP contribution in [0.1, 0.15) is 12.5 Å². The maximum absolute atomic E-state index is 11.8. The Morgan fingerprint density at radius 2 is 2.09 bits per heavy atom. The van der Waals surface area contributed by atoms with Crippen LogP contribution in [0.4, 0.5) is 5.82 Å². The van der Waals surface area contributed by atoms with Gasteiger partial charge in [-0.2, -0.15) is 5.10 Å². The zero-order chi connectivity index (χ0) is 15.9. The number of carbonyl (C=O) groups is 1. The maximum Gasteiger partial charge on any atom is 0.342 e. The third-order valence-corrected chi connectivity index (χ3v) is 2.55. The van der Waals surface area contributed by atoms with E-state index in [2.05, 4.69) is 31.0 Å². The van der Waals surface area contributed by atoms with Crippen molar-refractivity contribution in [2.45, 2.75) is 13.0 Å². The topological polar surface area (TPSA) is 145 Å². The number of rotatable bonds is 5. The number of H-pyrrole nitrogens is 2. The Kier molecular flexibility index (Phi) is 4.75. The molecule has 0 aliphatic carbocycles. The molecule has 0 saturated heterocycles. The van der Waals surface area contributed by atoms with Crippen LogP contribution >= 0.6 is 0 Å². The highest BCUT2D eigenvalue weighted by molar-refractivity contribution is 5.86. The monoisotopic (exact) mass is 303 g/mol. The van der Waals surface area contributed by atoms with Crippen LogP contribution in [-0.4, -0.2) is 38.3 Å². The Hall–Kier alpha value is -3.30. The largest absolute Gasteiger partial charge is 0.353 e. The number of hydrazone groups is 1. The molecule has 2 heterocycles. The molecule has 1 atom stereocenters. The molecule has 4 N–H and O–H groups in total. The van der Waals surface area contributed by atoms with Crippen molar-refractivity contribution in [1.82, 2.24) is 25.6 Å². The quantitative estimate of drug-likeness (QED) is 0.403. The van der Waals surface area contributed by atoms with Crippen molar-refractivity contribution >= 4 is 17.9 Å². The van der Waals surface area contributed by atoms with Crippen molar-refractivity contribution < 1.29 is 4.79 Å². The third-order valence-electron chi connectivity index (χ3n) is 2.55. The average molecular weight is 303 g/mol. The molecular weight excluding hydrogens is 290 g/mol. The summed E-state index contributed by atoms with van der Waals surface area (Å²) in [5.41, 5.74) is 1.64. The van der Waals surface area contributed by atoms with Gasteiger partial charge in [0.15, 0.2) is 0 Å². The van der Waals surface area contributed by atoms with E-state index in [1.165, 1.54) is 13.1 Å². The molecule has 0 aromatic carbocycles. The number of pyridine rings is 1. The van der Waals surface area contributed by atoms with Gasteiger partial charge in [0.1, 0.15) is 6.04 Å². The summed E-state index contributed by atoms with van der Waals surface area (Å²) >= 11 is 0. The summed E-state index contributed by atoms with van der Waals surface area (Å²) in [5.74, 6) is -0.641. The van der Waals surface area contributed by atoms with Crippen LogP contribution in [0, 0.1) is 0 Å². The van der Waals surface area contributed by atoms with Crippen LogP contribution < -0.4 is 22.0 Å². The molecule has 22 heavy (non-hydrogen) atoms. The number of aromatic amines is 2. The van der Waals surface area contributed by atoms with Gasteiger partial charge in [0.2, 0.25) is 5.82 Å². The minimum Gasteiger partial charge on any atom is -0.353 e. The van der Waals surface area contributed by atoms with Gasteiger partial charge in [-0.25, -0.2) is 15.3 Å². The smallest absolute Gasteiger partial charge is 0.342 e. The Bertz CT molecular complexity index is 781. The van der Waals surface area contributed by atoms with Crippen LogP contribution in [-0.2, 0) is 4.79 Å². The molecule has 114 valence electrons. The first-order chi connectivity index (χ1) is 10.6. The number of hydrogen-bond donors (Lipinski definition) is 4. The number of nitrogens with one attached hydrogen (secondary N) is 4. The zero-order valence-corrected chi connectivity index (χ0v) is 11.5. The van der Waals surface area contributed by atoms with Crippen molar-refractivity contribution in [3.63, 3.8) is 0 Å². The summed E-state index contributed by atoms with van der Waals surface area (Å²) < 4.78 is 0. The van der Waals surface area contributed by atoms with Gasteiger partial charge in [0, 0.05) is 12.4 Å². The fourth-order valence-corrected chi connectivity index (χ4v) is 1.43. The molecule has 0 aliphatic rings. The Morgan fingerprint density at radius 3 is 2.77 bits per heavy atom. The fourth-order valence-electron chi connectivity index (χ4n) is 1.43. The van der Waals surface area contributed by atoms with Crippen molar-refractivity contribution in [3.8, 4) is 0 Å². The molecule has 10 heteroatoms. The number of nitrogens with zero attached hydrogens (tertiary/aromatic N) is 3. The molecule has 2 aromatic heterocycles. The van der Waals surface area contributed by atoms with Crippen molar-refractivity contribution in [1.29, 1.82) is 0 Å². The summed E-state index contributed by atoms with van der Waals surface area (Å²) in [4.78, 5) is 39.9. The van der Waals surface area contributed by atoms with E-state index in [4.69, 9.17) is 0 Å². The summed E-state index contributed by atoms with van der Waals surface area (Å²) in [6, 6.07) is 2.66. The Balaban J connectivity index is 1.93. The Morgan fingerprint density at radius 1 is 1.36 bits per heavy atom. The summed E-state index contributed by atoms with van der Waals surface area (Å²) in [6.45, 7) is 1.52. The second-order valence-corrected chi connectivity index (χ2v) is 4.24. The predicted octanol–water partition coefficient (Wildman–Crippen LogP) is -1.20. The standard InChI is InChI=1S/C12H13N7O3/c1-7(15-9-11(21)16-12(22)19-17-9)10(20)18-14-6-8-2-4-13-5-3-8/h2-7H,1H3,(H,15,17)(H,18,20)(H2,16,19,21,22)/b14-6+/t7-/m0/s1. The highest BCUT2D eigenvalue weighted by Gasteiger charge is 2.14. The van der Waals surface area contributed by atoms with Gasteiger partial charge in [0.05, 0.1) is 6.21 Å². The van der Waals surface area contributed by atoms with E-state index in [1.807, 2.05) is 4.98 Å². The SMILES string of the molecule is C[C@H](Nc1n[nH]c(=O)[nH]c1=O)C(=O)N/N=C/c1ccncc1. The summed E-state index contributed by atoms with van der Waals surface area (Å²) in [7, 11) is 0. The van der Waals surface area contributed by atoms with Crippen molar-refractivity contribution in [2.24, 2.45) is 5.10 Å². The molecular formula is C12H13N7O3. The molecule has 1 amide bonds. The van der Waals surface area contributed by atoms with Gasteiger partial charge >= 0.3 is 5.69 Å². The third kappa shape index (κ3) is 4.10. The number of anilines is 1. The van der Waals surface area contributed by atoms with Crippen LogP contribution in [0.2, 0.25) is 0 Å². The number of hydrogen-bond acceptors (Lipinski definition) is 7. The van der Waals surface area contributed by atoms with Crippen molar-refractivity contribution in [3.05, 3.63) is 50.9 Å². The minimum absolute atomic E-state index is 0.166. The average Bonchev–Trinajstić information content (AvgIpc) is 2.51. The molecule has 0 radical (unpaired) electrons. The van der Waals surface area contributed by atoms with Gasteiger partial charge in [0.25, 0.3) is 11.5 Å². The summed E-state index contributed by atoms with van der Waals surface area (Å²) in [6.07, 6.45) is 4.65. The normalized spacial score (nSPS) is 12.0. The molecule has 0 fully saturated rings. The highest BCUT2D eigenvalue weighted by atomic mass is 16.2. The minimum atomic E-state index is -0.783. The first kappa shape index (κ1) is 15.1. The number of aromatic nitrogens is 4. The fraction of sp³-hybridized carbons (Fsp3) is 0.167. The second-order valence-electron chi connectivity index (χ2n) is 4.24. The molecule has 0 aliphatic heterocycles. The summed E-state index contributed by atoms with van der Waals surface area (Å²) in [5, 5.41) is 11.9. The van der Waals surface area contributed by atoms with E-state index in [1.54, 1.807) is 24.5 Å². The first-order valence-corrected chi connectivity index (χ1v) is 6.25. The van der Waals surface area contributed by atoms with Gasteiger partial charge in [-0.05, 0) is 24.6 Å². The first-order valence-electron chi connectivity index (χ1n) is 6.25. The lowest BCUT2D eigenvalue weighted by Gasteiger charge is -2.11. The van der Waals surface area contributed by atoms with Crippen LogP contribution in [0.5, 0.6) is 0 Å². The number of amides is 1. The van der Waals surface area contributed by atoms with E-state index in [0.717, 1.165) is 5.56 Å². The van der Waals surface area contributed by atoms with Crippen LogP contribution in [0.25, 0.3) is 0 Å². The zero-order valence-electron chi connectivity index (χ0n) is 11.5. The highest BCUT2D eigenvalue weighted by Crippen LogP contribution is 1.94. The molecule has 0 unspecified atom stereocenters. The molecule has 0 bridgehead atoms. The van der Waals surface area contributed by atoms with E-state index in [9.17, 15) is 14.4 Å². The molecule has 10 nitrogen and oxygen atoms in total. The molecule has 2 aromatic rings. The van der Waals surface area contributed by atoms with Gasteiger partial charge in [-0.3, -0.25) is 19.6 Å². The lowest BCUT2D eigenvalue weighted by atomic mass is 10.3. The van der Waals surface area contributed by atoms with Gasteiger partial charge in [-0.15, -0.1) is 5.10 Å². The maximum atomic E-state index is 11.8. The van der Waals surface area contributed by atoms with Gasteiger partial charge < -0.3 is 5.32 Å². The van der Waals surface area contributed by atoms with E-state index >= 15 is 0 Å². The second kappa shape index (κ2) is 6.92. The van der Waals surface area contributed by atoms with Crippen LogP contribution in [0.3, 0.4) is 0 Å². The predicted molar refractivity (Wildman–Crippen MR) is 78.5 cm³/mol. The lowest BCUT2D eigenvalue weighted by molar-refractivity contribution is -0.121. The molecule has 0 saturated carbocycles. The van der Waals surface area contributed by atoms with E-state index in [0.29, 0.717) is 0 Å². The number of carbonyl (C=O) groups excluding carboxylic acids is 1. The van der Waals surface area contributed by atoms with E-state index in [-0.39, 0.29) is 5.82 Å². The lowest BCUT2D eigenvalue weighted by Crippen LogP contribution is -2.38. The van der Waals surface area contributed by atoms with Crippen molar-refractivity contribution in [2.75, 3.05) is 5.32 Å². The Labute approximate surface area is 123 Å². The van der Waals surface area contributed by atoms with Gasteiger partial charge in [-0.1, -0.05) is 0 Å². The molecule has 2 rings (SSSR count).